The van der Waals surface area contributed by atoms with Crippen LogP contribution in [0.15, 0.2) is 36.5 Å². The first kappa shape index (κ1) is 16.8. The molecule has 0 radical (unpaired) electrons. The lowest BCUT2D eigenvalue weighted by Crippen LogP contribution is -2.32. The summed E-state index contributed by atoms with van der Waals surface area (Å²) in [4.78, 5) is 18.9. The largest absolute Gasteiger partial charge is 0.355 e. The van der Waals surface area contributed by atoms with Crippen molar-refractivity contribution in [3.8, 4) is 0 Å². The molecule has 1 fully saturated rings. The number of halogens is 1. The summed E-state index contributed by atoms with van der Waals surface area (Å²) in [7, 11) is 0. The molecule has 0 bridgehead atoms. The Hall–Kier alpha value is -2.07. The fourth-order valence-corrected chi connectivity index (χ4v) is 3.21. The molecule has 5 heteroatoms. The summed E-state index contributed by atoms with van der Waals surface area (Å²) in [6.07, 6.45) is 6.24. The zero-order valence-electron chi connectivity index (χ0n) is 13.9. The summed E-state index contributed by atoms with van der Waals surface area (Å²) in [5.41, 5.74) is 3.38. The number of carbonyl (C=O) groups excluding carboxylic acids is 1. The van der Waals surface area contributed by atoms with Gasteiger partial charge in [-0.25, -0.2) is 0 Å². The van der Waals surface area contributed by atoms with Crippen LogP contribution in [0.25, 0.3) is 0 Å². The third-order valence-corrected chi connectivity index (χ3v) is 4.57. The first-order chi connectivity index (χ1) is 11.6. The minimum atomic E-state index is 0.0216. The number of carbonyl (C=O) groups is 1. The highest BCUT2D eigenvalue weighted by Gasteiger charge is 2.18. The van der Waals surface area contributed by atoms with Crippen molar-refractivity contribution >= 4 is 28.9 Å². The summed E-state index contributed by atoms with van der Waals surface area (Å²) in [5, 5.41) is 4.05. The Morgan fingerprint density at radius 2 is 1.88 bits per heavy atom. The van der Waals surface area contributed by atoms with Crippen LogP contribution in [0.4, 0.5) is 11.4 Å². The number of likely N-dealkylation sites (tertiary alicyclic amines) is 1. The zero-order chi connectivity index (χ0) is 16.9. The molecule has 1 saturated heterocycles. The van der Waals surface area contributed by atoms with E-state index in [9.17, 15) is 4.79 Å². The normalized spacial score (nSPS) is 15.0. The van der Waals surface area contributed by atoms with Crippen LogP contribution >= 0.6 is 11.6 Å². The maximum absolute atomic E-state index is 12.7. The first-order valence-corrected chi connectivity index (χ1v) is 8.80. The summed E-state index contributed by atoms with van der Waals surface area (Å²) in [6.45, 7) is 3.65. The van der Waals surface area contributed by atoms with Crippen LogP contribution in [-0.4, -0.2) is 28.9 Å². The second-order valence-electron chi connectivity index (χ2n) is 6.22. The predicted octanol–water partition coefficient (Wildman–Crippen LogP) is 4.80. The van der Waals surface area contributed by atoms with Crippen LogP contribution in [0.5, 0.6) is 0 Å². The standard InChI is InChI=1S/C19H22ClN3O/c1-14-12-15(20)6-7-17(14)22-16-8-9-21-18(13-16)19(24)23-10-4-2-3-5-11-23/h6-9,12-13H,2-5,10-11H2,1H3,(H,21,22). The van der Waals surface area contributed by atoms with Crippen LogP contribution in [0, 0.1) is 6.92 Å². The average Bonchev–Trinajstić information content (AvgIpc) is 2.86. The van der Waals surface area contributed by atoms with Gasteiger partial charge in [-0.05, 0) is 55.7 Å². The van der Waals surface area contributed by atoms with Crippen LogP contribution in [0.3, 0.4) is 0 Å². The fourth-order valence-electron chi connectivity index (χ4n) is 2.98. The molecule has 1 amide bonds. The fraction of sp³-hybridized carbons (Fsp3) is 0.368. The van der Waals surface area contributed by atoms with Crippen molar-refractivity contribution in [3.63, 3.8) is 0 Å². The molecule has 1 aliphatic rings. The zero-order valence-corrected chi connectivity index (χ0v) is 14.6. The van der Waals surface area contributed by atoms with Crippen molar-refractivity contribution in [3.05, 3.63) is 52.8 Å². The molecule has 3 rings (SSSR count). The number of hydrogen-bond acceptors (Lipinski definition) is 3. The van der Waals surface area contributed by atoms with Crippen molar-refractivity contribution in [1.29, 1.82) is 0 Å². The number of aromatic nitrogens is 1. The van der Waals surface area contributed by atoms with Gasteiger partial charge in [-0.3, -0.25) is 9.78 Å². The smallest absolute Gasteiger partial charge is 0.272 e. The molecule has 0 saturated carbocycles. The van der Waals surface area contributed by atoms with Crippen LogP contribution in [0.1, 0.15) is 41.7 Å². The monoisotopic (exact) mass is 343 g/mol. The maximum atomic E-state index is 12.7. The van der Waals surface area contributed by atoms with E-state index >= 15 is 0 Å². The van der Waals surface area contributed by atoms with Crippen molar-refractivity contribution in [2.75, 3.05) is 18.4 Å². The SMILES string of the molecule is Cc1cc(Cl)ccc1Nc1ccnc(C(=O)N2CCCCCC2)c1. The Balaban J connectivity index is 1.77. The second-order valence-corrected chi connectivity index (χ2v) is 6.66. The van der Waals surface area contributed by atoms with E-state index in [0.717, 1.165) is 42.9 Å². The Kier molecular flexibility index (Phi) is 5.36. The Bertz CT molecular complexity index is 724. The lowest BCUT2D eigenvalue weighted by atomic mass is 10.2. The van der Waals surface area contributed by atoms with Crippen molar-refractivity contribution < 1.29 is 4.79 Å². The minimum absolute atomic E-state index is 0.0216. The Morgan fingerprint density at radius 3 is 2.58 bits per heavy atom. The molecular weight excluding hydrogens is 322 g/mol. The number of rotatable bonds is 3. The Labute approximate surface area is 147 Å². The van der Waals surface area contributed by atoms with Gasteiger partial charge >= 0.3 is 0 Å². The van der Waals surface area contributed by atoms with Crippen molar-refractivity contribution in [2.24, 2.45) is 0 Å². The number of anilines is 2. The molecular formula is C19H22ClN3O. The van der Waals surface area contributed by atoms with E-state index in [4.69, 9.17) is 11.6 Å². The second kappa shape index (κ2) is 7.67. The van der Waals surface area contributed by atoms with Crippen molar-refractivity contribution in [2.45, 2.75) is 32.6 Å². The Morgan fingerprint density at radius 1 is 1.12 bits per heavy atom. The molecule has 0 spiro atoms. The molecule has 0 aliphatic carbocycles. The van der Waals surface area contributed by atoms with E-state index < -0.39 is 0 Å². The van der Waals surface area contributed by atoms with Gasteiger partial charge in [0.25, 0.3) is 5.91 Å². The number of aryl methyl sites for hydroxylation is 1. The van der Waals surface area contributed by atoms with Gasteiger partial charge in [0.1, 0.15) is 5.69 Å². The number of nitrogens with zero attached hydrogens (tertiary/aromatic N) is 2. The molecule has 0 unspecified atom stereocenters. The molecule has 0 atom stereocenters. The van der Waals surface area contributed by atoms with Crippen LogP contribution < -0.4 is 5.32 Å². The van der Waals surface area contributed by atoms with Crippen LogP contribution in [-0.2, 0) is 0 Å². The molecule has 1 aliphatic heterocycles. The molecule has 126 valence electrons. The lowest BCUT2D eigenvalue weighted by Gasteiger charge is -2.20. The van der Waals surface area contributed by atoms with Gasteiger partial charge in [0.15, 0.2) is 0 Å². The molecule has 1 aromatic heterocycles. The molecule has 2 aromatic rings. The van der Waals surface area contributed by atoms with Gasteiger partial charge in [0, 0.05) is 35.7 Å². The third-order valence-electron chi connectivity index (χ3n) is 4.34. The number of pyridine rings is 1. The highest BCUT2D eigenvalue weighted by molar-refractivity contribution is 6.30. The lowest BCUT2D eigenvalue weighted by molar-refractivity contribution is 0.0756. The van der Waals surface area contributed by atoms with Crippen LogP contribution in [0.2, 0.25) is 5.02 Å². The summed E-state index contributed by atoms with van der Waals surface area (Å²) < 4.78 is 0. The van der Waals surface area contributed by atoms with E-state index in [1.165, 1.54) is 12.8 Å². The van der Waals surface area contributed by atoms with Crippen molar-refractivity contribution in [1.82, 2.24) is 9.88 Å². The van der Waals surface area contributed by atoms with Gasteiger partial charge in [-0.15, -0.1) is 0 Å². The van der Waals surface area contributed by atoms with E-state index in [2.05, 4.69) is 10.3 Å². The number of benzene rings is 1. The average molecular weight is 344 g/mol. The molecule has 1 aromatic carbocycles. The molecule has 4 nitrogen and oxygen atoms in total. The minimum Gasteiger partial charge on any atom is -0.355 e. The van der Waals surface area contributed by atoms with Gasteiger partial charge in [0.2, 0.25) is 0 Å². The summed E-state index contributed by atoms with van der Waals surface area (Å²) in [5.74, 6) is 0.0216. The molecule has 24 heavy (non-hydrogen) atoms. The highest BCUT2D eigenvalue weighted by atomic mass is 35.5. The predicted molar refractivity (Wildman–Crippen MR) is 98.1 cm³/mol. The van der Waals surface area contributed by atoms with E-state index in [-0.39, 0.29) is 5.91 Å². The summed E-state index contributed by atoms with van der Waals surface area (Å²) >= 11 is 6.00. The van der Waals surface area contributed by atoms with Gasteiger partial charge in [0.05, 0.1) is 0 Å². The van der Waals surface area contributed by atoms with E-state index in [0.29, 0.717) is 10.7 Å². The van der Waals surface area contributed by atoms with E-state index in [1.807, 2.05) is 42.2 Å². The number of amides is 1. The quantitative estimate of drug-likeness (QED) is 0.870. The van der Waals surface area contributed by atoms with E-state index in [1.54, 1.807) is 6.20 Å². The van der Waals surface area contributed by atoms with Gasteiger partial charge in [-0.2, -0.15) is 0 Å². The first-order valence-electron chi connectivity index (χ1n) is 8.42. The number of nitrogens with one attached hydrogen (secondary N) is 1. The molecule has 1 N–H and O–H groups in total. The van der Waals surface area contributed by atoms with Gasteiger partial charge in [-0.1, -0.05) is 24.4 Å². The maximum Gasteiger partial charge on any atom is 0.272 e. The highest BCUT2D eigenvalue weighted by Crippen LogP contribution is 2.24. The molecule has 2 heterocycles. The van der Waals surface area contributed by atoms with Gasteiger partial charge < -0.3 is 10.2 Å². The third kappa shape index (κ3) is 4.06. The topological polar surface area (TPSA) is 45.2 Å². The number of hydrogen-bond donors (Lipinski definition) is 1. The summed E-state index contributed by atoms with van der Waals surface area (Å²) in [6, 6.07) is 9.39.